The van der Waals surface area contributed by atoms with Gasteiger partial charge in [0.15, 0.2) is 0 Å². The average molecular weight is 262 g/mol. The minimum absolute atomic E-state index is 0.0520. The molecule has 7 heteroatoms. The number of amidine groups is 1. The van der Waals surface area contributed by atoms with Crippen molar-refractivity contribution in [2.24, 2.45) is 5.73 Å². The summed E-state index contributed by atoms with van der Waals surface area (Å²) in [6.45, 7) is 2.48. The molecule has 94 valence electrons. The number of aryl methyl sites for hydroxylation is 1. The minimum atomic E-state index is -0.0520. The van der Waals surface area contributed by atoms with Gasteiger partial charge in [0, 0.05) is 18.1 Å². The first kappa shape index (κ1) is 12.4. The number of anilines is 1. The molecule has 0 saturated heterocycles. The van der Waals surface area contributed by atoms with Crippen LogP contribution in [0.1, 0.15) is 17.1 Å². The Balaban J connectivity index is 2.24. The maximum Gasteiger partial charge on any atom is 0.226 e. The number of hydrogen-bond acceptors (Lipinski definition) is 6. The quantitative estimate of drug-likeness (QED) is 0.637. The van der Waals surface area contributed by atoms with Crippen molar-refractivity contribution in [3.8, 4) is 0 Å². The van der Waals surface area contributed by atoms with Crippen LogP contribution >= 0.6 is 11.3 Å². The van der Waals surface area contributed by atoms with Crippen molar-refractivity contribution in [1.82, 2.24) is 15.0 Å². The van der Waals surface area contributed by atoms with E-state index in [0.717, 1.165) is 11.4 Å². The summed E-state index contributed by atoms with van der Waals surface area (Å²) in [4.78, 5) is 14.7. The number of thiazole rings is 1. The van der Waals surface area contributed by atoms with E-state index in [1.165, 1.54) is 0 Å². The van der Waals surface area contributed by atoms with Gasteiger partial charge in [-0.05, 0) is 13.0 Å². The second kappa shape index (κ2) is 5.09. The smallest absolute Gasteiger partial charge is 0.226 e. The van der Waals surface area contributed by atoms with Gasteiger partial charge in [0.2, 0.25) is 5.95 Å². The molecule has 0 aliphatic heterocycles. The highest BCUT2D eigenvalue weighted by atomic mass is 32.1. The molecule has 6 nitrogen and oxygen atoms in total. The van der Waals surface area contributed by atoms with Crippen LogP contribution < -0.4 is 10.6 Å². The van der Waals surface area contributed by atoms with E-state index in [4.69, 9.17) is 11.1 Å². The molecule has 2 aromatic rings. The van der Waals surface area contributed by atoms with Crippen LogP contribution in [0, 0.1) is 12.3 Å². The topological polar surface area (TPSA) is 91.8 Å². The van der Waals surface area contributed by atoms with Crippen LogP contribution in [-0.2, 0) is 6.54 Å². The largest absolute Gasteiger partial charge is 0.382 e. The molecule has 0 fully saturated rings. The normalized spacial score (nSPS) is 10.3. The van der Waals surface area contributed by atoms with E-state index in [1.54, 1.807) is 22.9 Å². The molecule has 2 aromatic heterocycles. The summed E-state index contributed by atoms with van der Waals surface area (Å²) < 4.78 is 0. The van der Waals surface area contributed by atoms with Gasteiger partial charge in [0.25, 0.3) is 0 Å². The maximum absolute atomic E-state index is 7.42. The highest BCUT2D eigenvalue weighted by Crippen LogP contribution is 2.12. The number of nitrogens with zero attached hydrogens (tertiary/aromatic N) is 4. The van der Waals surface area contributed by atoms with E-state index in [9.17, 15) is 0 Å². The van der Waals surface area contributed by atoms with Crippen molar-refractivity contribution in [2.75, 3.05) is 11.9 Å². The molecule has 0 aliphatic rings. The lowest BCUT2D eigenvalue weighted by molar-refractivity contribution is 0.839. The first-order valence-corrected chi connectivity index (χ1v) is 6.29. The van der Waals surface area contributed by atoms with Gasteiger partial charge in [-0.25, -0.2) is 15.0 Å². The van der Waals surface area contributed by atoms with Crippen molar-refractivity contribution in [1.29, 1.82) is 5.41 Å². The summed E-state index contributed by atoms with van der Waals surface area (Å²) >= 11 is 1.56. The molecule has 0 amide bonds. The molecule has 18 heavy (non-hydrogen) atoms. The zero-order chi connectivity index (χ0) is 13.1. The van der Waals surface area contributed by atoms with E-state index in [0.29, 0.717) is 18.2 Å². The SMILES string of the molecule is Cc1cc(C(=N)N)nc(N(C)Cc2cscn2)n1. The second-order valence-corrected chi connectivity index (χ2v) is 4.66. The third kappa shape index (κ3) is 2.80. The number of hydrogen-bond donors (Lipinski definition) is 2. The molecule has 0 aliphatic carbocycles. The van der Waals surface area contributed by atoms with Crippen LogP contribution in [0.4, 0.5) is 5.95 Å². The minimum Gasteiger partial charge on any atom is -0.382 e. The molecule has 0 spiro atoms. The summed E-state index contributed by atoms with van der Waals surface area (Å²) in [7, 11) is 1.89. The van der Waals surface area contributed by atoms with E-state index < -0.39 is 0 Å². The summed E-state index contributed by atoms with van der Waals surface area (Å²) in [5, 5.41) is 9.41. The number of nitrogens with two attached hydrogens (primary N) is 1. The van der Waals surface area contributed by atoms with Crippen LogP contribution in [-0.4, -0.2) is 27.8 Å². The fourth-order valence-electron chi connectivity index (χ4n) is 1.49. The third-order valence-corrected chi connectivity index (χ3v) is 2.98. The van der Waals surface area contributed by atoms with Crippen molar-refractivity contribution >= 4 is 23.1 Å². The van der Waals surface area contributed by atoms with Crippen LogP contribution in [0.3, 0.4) is 0 Å². The van der Waals surface area contributed by atoms with Crippen LogP contribution in [0.25, 0.3) is 0 Å². The molecule has 0 atom stereocenters. The van der Waals surface area contributed by atoms with Gasteiger partial charge in [-0.2, -0.15) is 0 Å². The van der Waals surface area contributed by atoms with Crippen LogP contribution in [0.15, 0.2) is 17.0 Å². The molecule has 2 rings (SSSR count). The van der Waals surface area contributed by atoms with Gasteiger partial charge < -0.3 is 10.6 Å². The molecular weight excluding hydrogens is 248 g/mol. The molecule has 0 aromatic carbocycles. The van der Waals surface area contributed by atoms with Crippen LogP contribution in [0.5, 0.6) is 0 Å². The fourth-order valence-corrected chi connectivity index (χ4v) is 2.04. The highest BCUT2D eigenvalue weighted by Gasteiger charge is 2.10. The monoisotopic (exact) mass is 262 g/mol. The van der Waals surface area contributed by atoms with Crippen molar-refractivity contribution in [3.63, 3.8) is 0 Å². The Morgan fingerprint density at radius 3 is 2.89 bits per heavy atom. The lowest BCUT2D eigenvalue weighted by atomic mass is 10.3. The number of nitrogen functional groups attached to an aromatic ring is 1. The van der Waals surface area contributed by atoms with Gasteiger partial charge in [0.05, 0.1) is 17.7 Å². The summed E-state index contributed by atoms with van der Waals surface area (Å²) in [5.41, 5.74) is 9.45. The summed E-state index contributed by atoms with van der Waals surface area (Å²) in [6.07, 6.45) is 0. The zero-order valence-electron chi connectivity index (χ0n) is 10.2. The lowest BCUT2D eigenvalue weighted by Crippen LogP contribution is -2.22. The Morgan fingerprint density at radius 2 is 2.28 bits per heavy atom. The van der Waals surface area contributed by atoms with Crippen molar-refractivity contribution < 1.29 is 0 Å². The van der Waals surface area contributed by atoms with Gasteiger partial charge in [-0.1, -0.05) is 0 Å². The Morgan fingerprint density at radius 1 is 1.50 bits per heavy atom. The zero-order valence-corrected chi connectivity index (χ0v) is 11.0. The maximum atomic E-state index is 7.42. The number of aromatic nitrogens is 3. The lowest BCUT2D eigenvalue weighted by Gasteiger charge is -2.16. The van der Waals surface area contributed by atoms with Gasteiger partial charge in [-0.15, -0.1) is 11.3 Å². The molecule has 3 N–H and O–H groups in total. The Hall–Kier alpha value is -2.02. The van der Waals surface area contributed by atoms with E-state index in [1.807, 2.05) is 24.3 Å². The van der Waals surface area contributed by atoms with E-state index >= 15 is 0 Å². The van der Waals surface area contributed by atoms with Gasteiger partial charge in [0.1, 0.15) is 11.5 Å². The van der Waals surface area contributed by atoms with Crippen LogP contribution in [0.2, 0.25) is 0 Å². The standard InChI is InChI=1S/C11H14N6S/c1-7-3-9(10(12)13)16-11(15-7)17(2)4-8-5-18-6-14-8/h3,5-6H,4H2,1-2H3,(H3,12,13). The number of nitrogens with one attached hydrogen (secondary N) is 1. The predicted molar refractivity (Wildman–Crippen MR) is 72.0 cm³/mol. The Kier molecular flexibility index (Phi) is 3.52. The van der Waals surface area contributed by atoms with Gasteiger partial charge in [-0.3, -0.25) is 5.41 Å². The Labute approximate surface area is 109 Å². The van der Waals surface area contributed by atoms with E-state index in [2.05, 4.69) is 15.0 Å². The average Bonchev–Trinajstić information content (AvgIpc) is 2.80. The molecule has 0 radical (unpaired) electrons. The van der Waals surface area contributed by atoms with Crippen molar-refractivity contribution in [3.05, 3.63) is 34.0 Å². The summed E-state index contributed by atoms with van der Waals surface area (Å²) in [6, 6.07) is 1.70. The molecular formula is C11H14N6S. The van der Waals surface area contributed by atoms with Crippen molar-refractivity contribution in [2.45, 2.75) is 13.5 Å². The third-order valence-electron chi connectivity index (χ3n) is 2.34. The predicted octanol–water partition coefficient (Wildman–Crippen LogP) is 1.16. The highest BCUT2D eigenvalue weighted by molar-refractivity contribution is 7.07. The first-order chi connectivity index (χ1) is 8.56. The fraction of sp³-hybridized carbons (Fsp3) is 0.273. The second-order valence-electron chi connectivity index (χ2n) is 3.94. The molecule has 2 heterocycles. The van der Waals surface area contributed by atoms with E-state index in [-0.39, 0.29) is 5.84 Å². The first-order valence-electron chi connectivity index (χ1n) is 5.34. The molecule has 0 bridgehead atoms. The van der Waals surface area contributed by atoms with Gasteiger partial charge >= 0.3 is 0 Å². The molecule has 0 saturated carbocycles. The Bertz CT molecular complexity index is 551. The number of rotatable bonds is 4. The molecule has 0 unspecified atom stereocenters. The summed E-state index contributed by atoms with van der Waals surface area (Å²) in [5.74, 6) is 0.497.